The van der Waals surface area contributed by atoms with Crippen LogP contribution in [0.25, 0.3) is 0 Å². The summed E-state index contributed by atoms with van der Waals surface area (Å²) in [5.41, 5.74) is 0.741. The smallest absolute Gasteiger partial charge is 0.321 e. The molecule has 0 atom stereocenters. The maximum absolute atomic E-state index is 11.1. The molecule has 5 nitrogen and oxygen atoms in total. The molecule has 72 valence electrons. The third kappa shape index (κ3) is 3.14. The molecule has 1 heterocycles. The zero-order valence-electron chi connectivity index (χ0n) is 7.76. The fourth-order valence-electron chi connectivity index (χ4n) is 0.817. The van der Waals surface area contributed by atoms with Crippen LogP contribution >= 0.6 is 0 Å². The lowest BCUT2D eigenvalue weighted by Crippen LogP contribution is -2.28. The van der Waals surface area contributed by atoms with Gasteiger partial charge >= 0.3 is 6.03 Å². The van der Waals surface area contributed by atoms with Gasteiger partial charge in [0.05, 0.1) is 5.69 Å². The van der Waals surface area contributed by atoms with Gasteiger partial charge in [0.25, 0.3) is 0 Å². The highest BCUT2D eigenvalue weighted by Crippen LogP contribution is 2.07. The molecule has 5 heteroatoms. The first-order valence-corrected chi connectivity index (χ1v) is 4.20. The molecule has 2 amide bonds. The second-order valence-electron chi connectivity index (χ2n) is 2.71. The van der Waals surface area contributed by atoms with Gasteiger partial charge in [-0.1, -0.05) is 12.1 Å². The largest absolute Gasteiger partial charge is 0.338 e. The van der Waals surface area contributed by atoms with Crippen molar-refractivity contribution < 1.29 is 9.32 Å². The van der Waals surface area contributed by atoms with E-state index in [0.29, 0.717) is 12.4 Å². The molecule has 1 aromatic rings. The van der Waals surface area contributed by atoms with Gasteiger partial charge in [-0.15, -0.1) is 0 Å². The van der Waals surface area contributed by atoms with Crippen LogP contribution in [0.3, 0.4) is 0 Å². The molecular formula is C8H13N3O2. The van der Waals surface area contributed by atoms with Crippen LogP contribution in [0.15, 0.2) is 10.6 Å². The average molecular weight is 183 g/mol. The minimum Gasteiger partial charge on any atom is -0.338 e. The number of anilines is 1. The van der Waals surface area contributed by atoms with E-state index in [-0.39, 0.29) is 6.03 Å². The van der Waals surface area contributed by atoms with Crippen molar-refractivity contribution in [1.82, 2.24) is 10.5 Å². The lowest BCUT2D eigenvalue weighted by atomic mass is 10.5. The van der Waals surface area contributed by atoms with Crippen LogP contribution in [0.5, 0.6) is 0 Å². The Bertz CT molecular complexity index is 283. The number of hydrogen-bond acceptors (Lipinski definition) is 3. The topological polar surface area (TPSA) is 67.2 Å². The van der Waals surface area contributed by atoms with Gasteiger partial charge < -0.3 is 9.84 Å². The fraction of sp³-hybridized carbons (Fsp3) is 0.500. The number of aryl methyl sites for hydroxylation is 1. The summed E-state index contributed by atoms with van der Waals surface area (Å²) >= 11 is 0. The maximum atomic E-state index is 11.1. The van der Waals surface area contributed by atoms with Crippen LogP contribution in [-0.2, 0) is 0 Å². The van der Waals surface area contributed by atoms with Crippen molar-refractivity contribution in [3.05, 3.63) is 11.8 Å². The van der Waals surface area contributed by atoms with Crippen molar-refractivity contribution in [1.29, 1.82) is 0 Å². The summed E-state index contributed by atoms with van der Waals surface area (Å²) < 4.78 is 4.79. The number of nitrogens with one attached hydrogen (secondary N) is 2. The first kappa shape index (κ1) is 9.57. The predicted molar refractivity (Wildman–Crippen MR) is 48.6 cm³/mol. The Balaban J connectivity index is 2.36. The molecule has 0 saturated carbocycles. The van der Waals surface area contributed by atoms with Crippen molar-refractivity contribution >= 4 is 11.9 Å². The summed E-state index contributed by atoms with van der Waals surface area (Å²) in [5.74, 6) is 0.367. The summed E-state index contributed by atoms with van der Waals surface area (Å²) in [6, 6.07) is 1.39. The van der Waals surface area contributed by atoms with E-state index in [9.17, 15) is 4.79 Å². The van der Waals surface area contributed by atoms with Gasteiger partial charge in [0.15, 0.2) is 0 Å². The molecule has 0 unspecified atom stereocenters. The van der Waals surface area contributed by atoms with Crippen LogP contribution in [0, 0.1) is 6.92 Å². The lowest BCUT2D eigenvalue weighted by Gasteiger charge is -2.01. The second kappa shape index (κ2) is 4.49. The number of amides is 2. The zero-order valence-corrected chi connectivity index (χ0v) is 7.76. The van der Waals surface area contributed by atoms with Crippen LogP contribution < -0.4 is 10.6 Å². The van der Waals surface area contributed by atoms with Crippen LogP contribution in [0.4, 0.5) is 10.7 Å². The van der Waals surface area contributed by atoms with Crippen molar-refractivity contribution in [3.63, 3.8) is 0 Å². The number of carbonyl (C=O) groups is 1. The van der Waals surface area contributed by atoms with E-state index in [1.807, 2.05) is 6.92 Å². The van der Waals surface area contributed by atoms with Gasteiger partial charge in [-0.3, -0.25) is 5.32 Å². The number of aromatic nitrogens is 1. The van der Waals surface area contributed by atoms with E-state index in [0.717, 1.165) is 12.1 Å². The highest BCUT2D eigenvalue weighted by Gasteiger charge is 2.03. The number of hydrogen-bond donors (Lipinski definition) is 2. The van der Waals surface area contributed by atoms with Gasteiger partial charge in [0, 0.05) is 12.6 Å². The molecule has 13 heavy (non-hydrogen) atoms. The van der Waals surface area contributed by atoms with E-state index >= 15 is 0 Å². The normalized spacial score (nSPS) is 9.69. The minimum absolute atomic E-state index is 0.266. The molecule has 0 saturated heterocycles. The van der Waals surface area contributed by atoms with E-state index in [2.05, 4.69) is 15.8 Å². The Morgan fingerprint density at radius 2 is 2.46 bits per heavy atom. The Labute approximate surface area is 76.5 Å². The summed E-state index contributed by atoms with van der Waals surface area (Å²) in [7, 11) is 0. The molecule has 1 aromatic heterocycles. The molecule has 0 spiro atoms. The summed E-state index contributed by atoms with van der Waals surface area (Å²) in [5, 5.41) is 8.80. The summed E-state index contributed by atoms with van der Waals surface area (Å²) in [6.07, 6.45) is 0.906. The number of nitrogens with zero attached hydrogens (tertiary/aromatic N) is 1. The Kier molecular flexibility index (Phi) is 3.31. The van der Waals surface area contributed by atoms with E-state index < -0.39 is 0 Å². The summed E-state index contributed by atoms with van der Waals surface area (Å²) in [4.78, 5) is 11.1. The van der Waals surface area contributed by atoms with E-state index in [1.54, 1.807) is 13.0 Å². The Morgan fingerprint density at radius 3 is 3.00 bits per heavy atom. The molecule has 0 aromatic carbocycles. The molecule has 1 rings (SSSR count). The number of urea groups is 1. The van der Waals surface area contributed by atoms with Crippen molar-refractivity contribution in [2.24, 2.45) is 0 Å². The lowest BCUT2D eigenvalue weighted by molar-refractivity contribution is 0.251. The minimum atomic E-state index is -0.266. The molecule has 0 radical (unpaired) electrons. The van der Waals surface area contributed by atoms with Crippen molar-refractivity contribution in [3.8, 4) is 0 Å². The van der Waals surface area contributed by atoms with Crippen molar-refractivity contribution in [2.75, 3.05) is 11.9 Å². The predicted octanol–water partition coefficient (Wildman–Crippen LogP) is 1.51. The SMILES string of the molecule is CCCNC(=O)Nc1cc(C)no1. The Hall–Kier alpha value is -1.52. The summed E-state index contributed by atoms with van der Waals surface area (Å²) in [6.45, 7) is 4.43. The number of rotatable bonds is 3. The van der Waals surface area contributed by atoms with E-state index in [1.165, 1.54) is 0 Å². The molecule has 0 aliphatic carbocycles. The molecular weight excluding hydrogens is 170 g/mol. The Morgan fingerprint density at radius 1 is 1.69 bits per heavy atom. The van der Waals surface area contributed by atoms with Gasteiger partial charge in [0.1, 0.15) is 0 Å². The van der Waals surface area contributed by atoms with Crippen LogP contribution in [-0.4, -0.2) is 17.7 Å². The highest BCUT2D eigenvalue weighted by atomic mass is 16.5. The standard InChI is InChI=1S/C8H13N3O2/c1-3-4-9-8(12)10-7-5-6(2)11-13-7/h5H,3-4H2,1-2H3,(H2,9,10,12). The first-order valence-electron chi connectivity index (χ1n) is 4.20. The maximum Gasteiger partial charge on any atom is 0.321 e. The molecule has 0 bridgehead atoms. The molecule has 2 N–H and O–H groups in total. The van der Waals surface area contributed by atoms with Crippen molar-refractivity contribution in [2.45, 2.75) is 20.3 Å². The van der Waals surface area contributed by atoms with Crippen LogP contribution in [0.1, 0.15) is 19.0 Å². The second-order valence-corrected chi connectivity index (χ2v) is 2.71. The average Bonchev–Trinajstić information content (AvgIpc) is 2.48. The van der Waals surface area contributed by atoms with Gasteiger partial charge in [-0.25, -0.2) is 4.79 Å². The molecule has 0 fully saturated rings. The third-order valence-corrected chi connectivity index (χ3v) is 1.40. The van der Waals surface area contributed by atoms with Gasteiger partial charge in [-0.05, 0) is 13.3 Å². The third-order valence-electron chi connectivity index (χ3n) is 1.40. The fourth-order valence-corrected chi connectivity index (χ4v) is 0.817. The van der Waals surface area contributed by atoms with Gasteiger partial charge in [0.2, 0.25) is 5.88 Å². The number of carbonyl (C=O) groups excluding carboxylic acids is 1. The van der Waals surface area contributed by atoms with Crippen LogP contribution in [0.2, 0.25) is 0 Å². The molecule has 0 aliphatic rings. The highest BCUT2D eigenvalue weighted by molar-refractivity contribution is 5.87. The molecule has 0 aliphatic heterocycles. The van der Waals surface area contributed by atoms with Gasteiger partial charge in [-0.2, -0.15) is 0 Å². The monoisotopic (exact) mass is 183 g/mol. The zero-order chi connectivity index (χ0) is 9.68. The quantitative estimate of drug-likeness (QED) is 0.746. The van der Waals surface area contributed by atoms with E-state index in [4.69, 9.17) is 4.52 Å². The first-order chi connectivity index (χ1) is 6.22.